The Morgan fingerprint density at radius 3 is 2.94 bits per heavy atom. The van der Waals surface area contributed by atoms with Crippen LogP contribution in [0.15, 0.2) is 18.2 Å². The summed E-state index contributed by atoms with van der Waals surface area (Å²) in [5.41, 5.74) is 9.61. The highest BCUT2D eigenvalue weighted by Crippen LogP contribution is 2.34. The number of aryl methyl sites for hydroxylation is 1. The number of para-hydroxylation sites is 1. The number of fused-ring (bicyclic) bond motifs is 1. The van der Waals surface area contributed by atoms with Gasteiger partial charge >= 0.3 is 0 Å². The van der Waals surface area contributed by atoms with E-state index < -0.39 is 0 Å². The fraction of sp³-hybridized carbons (Fsp3) is 0.533. The van der Waals surface area contributed by atoms with Crippen molar-refractivity contribution in [3.8, 4) is 0 Å². The monoisotopic (exact) mass is 243 g/mol. The molecule has 0 radical (unpaired) electrons. The Balaban J connectivity index is 2.03. The number of hydrogen-bond acceptors (Lipinski definition) is 2. The van der Waals surface area contributed by atoms with Gasteiger partial charge in [-0.15, -0.1) is 0 Å². The number of benzene rings is 1. The first kappa shape index (κ1) is 11.6. The van der Waals surface area contributed by atoms with Crippen molar-refractivity contribution >= 4 is 17.0 Å². The van der Waals surface area contributed by atoms with Crippen LogP contribution >= 0.6 is 0 Å². The minimum atomic E-state index is 0.665. The van der Waals surface area contributed by atoms with Gasteiger partial charge in [-0.05, 0) is 36.8 Å². The quantitative estimate of drug-likeness (QED) is 0.879. The smallest absolute Gasteiger partial charge is 0.201 e. The molecule has 96 valence electrons. The summed E-state index contributed by atoms with van der Waals surface area (Å²) in [6, 6.07) is 6.23. The van der Waals surface area contributed by atoms with Crippen molar-refractivity contribution in [2.75, 3.05) is 5.73 Å². The van der Waals surface area contributed by atoms with Crippen LogP contribution in [-0.4, -0.2) is 9.55 Å². The molecule has 3 heteroatoms. The van der Waals surface area contributed by atoms with E-state index >= 15 is 0 Å². The molecule has 0 aliphatic heterocycles. The lowest BCUT2D eigenvalue weighted by atomic mass is 9.98. The van der Waals surface area contributed by atoms with Crippen LogP contribution in [-0.2, 0) is 6.54 Å². The van der Waals surface area contributed by atoms with Gasteiger partial charge < -0.3 is 10.3 Å². The van der Waals surface area contributed by atoms with Crippen molar-refractivity contribution in [2.45, 2.75) is 39.7 Å². The summed E-state index contributed by atoms with van der Waals surface area (Å²) in [5.74, 6) is 2.23. The molecule has 2 unspecified atom stereocenters. The Kier molecular flexibility index (Phi) is 2.77. The zero-order valence-corrected chi connectivity index (χ0v) is 11.2. The van der Waals surface area contributed by atoms with Gasteiger partial charge in [0.15, 0.2) is 0 Å². The third-order valence-electron chi connectivity index (χ3n) is 4.45. The summed E-state index contributed by atoms with van der Waals surface area (Å²) in [6.07, 6.45) is 4.04. The van der Waals surface area contributed by atoms with E-state index in [2.05, 4.69) is 29.5 Å². The number of imidazole rings is 1. The van der Waals surface area contributed by atoms with Crippen molar-refractivity contribution in [1.29, 1.82) is 0 Å². The van der Waals surface area contributed by atoms with Gasteiger partial charge in [0.05, 0.1) is 11.0 Å². The maximum absolute atomic E-state index is 6.10. The Bertz CT molecular complexity index is 570. The number of nitrogens with two attached hydrogens (primary N) is 1. The van der Waals surface area contributed by atoms with Crippen molar-refractivity contribution in [2.24, 2.45) is 11.8 Å². The van der Waals surface area contributed by atoms with E-state index in [9.17, 15) is 0 Å². The first-order valence-corrected chi connectivity index (χ1v) is 6.88. The Morgan fingerprint density at radius 2 is 2.22 bits per heavy atom. The lowest BCUT2D eigenvalue weighted by Crippen LogP contribution is -2.15. The molecule has 18 heavy (non-hydrogen) atoms. The molecule has 1 saturated carbocycles. The summed E-state index contributed by atoms with van der Waals surface area (Å²) in [7, 11) is 0. The molecule has 1 aliphatic carbocycles. The molecular formula is C15H21N3. The number of anilines is 1. The van der Waals surface area contributed by atoms with Gasteiger partial charge in [-0.3, -0.25) is 0 Å². The van der Waals surface area contributed by atoms with E-state index in [1.165, 1.54) is 30.3 Å². The van der Waals surface area contributed by atoms with Gasteiger partial charge in [0, 0.05) is 6.54 Å². The largest absolute Gasteiger partial charge is 0.369 e. The normalized spacial score (nSPS) is 23.9. The van der Waals surface area contributed by atoms with Gasteiger partial charge in [0.25, 0.3) is 0 Å². The van der Waals surface area contributed by atoms with Gasteiger partial charge in [0.1, 0.15) is 0 Å². The van der Waals surface area contributed by atoms with Crippen LogP contribution in [0.2, 0.25) is 0 Å². The van der Waals surface area contributed by atoms with Gasteiger partial charge in [0.2, 0.25) is 5.95 Å². The van der Waals surface area contributed by atoms with Crippen LogP contribution in [0.3, 0.4) is 0 Å². The third-order valence-corrected chi connectivity index (χ3v) is 4.45. The summed E-state index contributed by atoms with van der Waals surface area (Å²) in [4.78, 5) is 4.48. The minimum absolute atomic E-state index is 0.665. The highest BCUT2D eigenvalue weighted by Gasteiger charge is 2.25. The van der Waals surface area contributed by atoms with Crippen LogP contribution in [0, 0.1) is 18.8 Å². The van der Waals surface area contributed by atoms with Crippen molar-refractivity contribution in [3.63, 3.8) is 0 Å². The average Bonchev–Trinajstić information content (AvgIpc) is 2.86. The molecule has 3 rings (SSSR count). The highest BCUT2D eigenvalue weighted by atomic mass is 15.2. The Labute approximate surface area is 108 Å². The van der Waals surface area contributed by atoms with Gasteiger partial charge in [-0.25, -0.2) is 4.98 Å². The summed E-state index contributed by atoms with van der Waals surface area (Å²) in [6.45, 7) is 5.52. The molecule has 0 spiro atoms. The number of hydrogen-bond donors (Lipinski definition) is 1. The predicted molar refractivity (Wildman–Crippen MR) is 75.4 cm³/mol. The average molecular weight is 243 g/mol. The second-order valence-corrected chi connectivity index (χ2v) is 5.69. The number of rotatable bonds is 2. The molecule has 1 heterocycles. The second kappa shape index (κ2) is 4.30. The highest BCUT2D eigenvalue weighted by molar-refractivity contribution is 5.81. The number of nitrogens with zero attached hydrogens (tertiary/aromatic N) is 2. The van der Waals surface area contributed by atoms with Crippen molar-refractivity contribution < 1.29 is 0 Å². The molecule has 1 fully saturated rings. The van der Waals surface area contributed by atoms with E-state index in [4.69, 9.17) is 5.73 Å². The summed E-state index contributed by atoms with van der Waals surface area (Å²) in [5, 5.41) is 0. The van der Waals surface area contributed by atoms with Crippen molar-refractivity contribution in [1.82, 2.24) is 9.55 Å². The van der Waals surface area contributed by atoms with E-state index in [1.807, 2.05) is 12.1 Å². The van der Waals surface area contributed by atoms with E-state index in [0.717, 1.165) is 23.9 Å². The fourth-order valence-corrected chi connectivity index (χ4v) is 3.30. The topological polar surface area (TPSA) is 43.8 Å². The van der Waals surface area contributed by atoms with Gasteiger partial charge in [-0.2, -0.15) is 0 Å². The van der Waals surface area contributed by atoms with E-state index in [1.54, 1.807) is 0 Å². The molecule has 1 aromatic carbocycles. The molecule has 2 atom stereocenters. The molecule has 0 bridgehead atoms. The first-order chi connectivity index (χ1) is 8.66. The van der Waals surface area contributed by atoms with Crippen LogP contribution in [0.4, 0.5) is 5.95 Å². The molecule has 0 saturated heterocycles. The van der Waals surface area contributed by atoms with Crippen LogP contribution in [0.25, 0.3) is 11.0 Å². The lowest BCUT2D eigenvalue weighted by molar-refractivity contribution is 0.370. The summed E-state index contributed by atoms with van der Waals surface area (Å²) < 4.78 is 2.22. The Morgan fingerprint density at radius 1 is 1.39 bits per heavy atom. The van der Waals surface area contributed by atoms with Crippen LogP contribution < -0.4 is 5.73 Å². The predicted octanol–water partition coefficient (Wildman–Crippen LogP) is 3.36. The SMILES string of the molecule is Cc1cccc2nc(N)n(CC3CCCC3C)c12. The molecule has 0 amide bonds. The molecule has 3 nitrogen and oxygen atoms in total. The van der Waals surface area contributed by atoms with Crippen LogP contribution in [0.1, 0.15) is 31.7 Å². The molecule has 2 N–H and O–H groups in total. The Hall–Kier alpha value is -1.51. The number of aromatic nitrogens is 2. The first-order valence-electron chi connectivity index (χ1n) is 6.88. The van der Waals surface area contributed by atoms with Crippen LogP contribution in [0.5, 0.6) is 0 Å². The molecule has 1 aromatic heterocycles. The lowest BCUT2D eigenvalue weighted by Gasteiger charge is -2.17. The fourth-order valence-electron chi connectivity index (χ4n) is 3.30. The van der Waals surface area contributed by atoms with Gasteiger partial charge in [-0.1, -0.05) is 31.9 Å². The molecule has 1 aliphatic rings. The standard InChI is InChI=1S/C15H21N3/c1-10-5-3-7-12(10)9-18-14-11(2)6-4-8-13(14)17-15(18)16/h4,6,8,10,12H,3,5,7,9H2,1-2H3,(H2,16,17). The maximum atomic E-state index is 6.10. The zero-order chi connectivity index (χ0) is 12.7. The molecular weight excluding hydrogens is 222 g/mol. The van der Waals surface area contributed by atoms with Crippen molar-refractivity contribution in [3.05, 3.63) is 23.8 Å². The molecule has 2 aromatic rings. The van der Waals surface area contributed by atoms with E-state index in [-0.39, 0.29) is 0 Å². The van der Waals surface area contributed by atoms with E-state index in [0.29, 0.717) is 5.95 Å². The third kappa shape index (κ3) is 1.78. The maximum Gasteiger partial charge on any atom is 0.201 e. The second-order valence-electron chi connectivity index (χ2n) is 5.69. The minimum Gasteiger partial charge on any atom is -0.369 e. The zero-order valence-electron chi connectivity index (χ0n) is 11.2. The number of nitrogen functional groups attached to an aromatic ring is 1. The summed E-state index contributed by atoms with van der Waals surface area (Å²) >= 11 is 0.